The minimum absolute atomic E-state index is 0.281. The van der Waals surface area contributed by atoms with E-state index in [-0.39, 0.29) is 12.4 Å². The van der Waals surface area contributed by atoms with Crippen LogP contribution in [0.15, 0.2) is 78.0 Å². The van der Waals surface area contributed by atoms with E-state index in [0.29, 0.717) is 11.6 Å². The van der Waals surface area contributed by atoms with Gasteiger partial charge in [0.15, 0.2) is 0 Å². The number of ether oxygens (including phenoxy) is 1. The largest absolute Gasteiger partial charge is 0.489 e. The van der Waals surface area contributed by atoms with Gasteiger partial charge in [-0.25, -0.2) is 4.39 Å². The first-order valence-electron chi connectivity index (χ1n) is 10.5. The average molecular weight is 484 g/mol. The second kappa shape index (κ2) is 11.8. The summed E-state index contributed by atoms with van der Waals surface area (Å²) in [4.78, 5) is 0. The van der Waals surface area contributed by atoms with Crippen LogP contribution < -0.4 is 10.1 Å². The highest BCUT2D eigenvalue weighted by atomic mass is 35.5. The van der Waals surface area contributed by atoms with Crippen LogP contribution in [0.3, 0.4) is 0 Å². The zero-order chi connectivity index (χ0) is 22.9. The summed E-state index contributed by atoms with van der Waals surface area (Å²) in [5.74, 6) is 1.31. The topological polar surface area (TPSA) is 64.9 Å². The average Bonchev–Trinajstić information content (AvgIpc) is 3.30. The standard InChI is InChI=1S/C24H23ClFN5OS/c25-22-15-20(26)12-11-19(22)17-32-23-10-5-4-7-18(23)16-27-13-6-14-33-24-28-29-30-31(24)21-8-2-1-3-9-21/h1-5,7-12,15,27H,6,13-14,16-17H2. The minimum Gasteiger partial charge on any atom is -0.489 e. The molecule has 1 heterocycles. The molecule has 1 N–H and O–H groups in total. The number of para-hydroxylation sites is 2. The molecule has 4 aromatic rings. The summed E-state index contributed by atoms with van der Waals surface area (Å²) in [6.07, 6.45) is 0.959. The van der Waals surface area contributed by atoms with E-state index in [1.54, 1.807) is 22.5 Å². The van der Waals surface area contributed by atoms with E-state index >= 15 is 0 Å². The van der Waals surface area contributed by atoms with Crippen molar-refractivity contribution in [2.24, 2.45) is 0 Å². The van der Waals surface area contributed by atoms with Crippen molar-refractivity contribution in [2.45, 2.75) is 24.7 Å². The predicted molar refractivity (Wildman–Crippen MR) is 128 cm³/mol. The molecule has 3 aromatic carbocycles. The van der Waals surface area contributed by atoms with Crippen LogP contribution in [-0.4, -0.2) is 32.5 Å². The van der Waals surface area contributed by atoms with E-state index in [1.807, 2.05) is 54.6 Å². The van der Waals surface area contributed by atoms with Gasteiger partial charge in [0.25, 0.3) is 0 Å². The first-order valence-corrected chi connectivity index (χ1v) is 11.9. The Morgan fingerprint density at radius 2 is 1.82 bits per heavy atom. The Morgan fingerprint density at radius 1 is 1.00 bits per heavy atom. The van der Waals surface area contributed by atoms with Crippen LogP contribution in [0.5, 0.6) is 5.75 Å². The smallest absolute Gasteiger partial charge is 0.214 e. The first kappa shape index (κ1) is 23.2. The fourth-order valence-electron chi connectivity index (χ4n) is 3.17. The fraction of sp³-hybridized carbons (Fsp3) is 0.208. The lowest BCUT2D eigenvalue weighted by atomic mass is 10.2. The number of aromatic nitrogens is 4. The van der Waals surface area contributed by atoms with Gasteiger partial charge in [0.1, 0.15) is 18.2 Å². The molecular weight excluding hydrogens is 461 g/mol. The Labute approximate surface area is 201 Å². The van der Waals surface area contributed by atoms with Crippen molar-refractivity contribution in [3.8, 4) is 11.4 Å². The van der Waals surface area contributed by atoms with Crippen molar-refractivity contribution in [3.63, 3.8) is 0 Å². The molecule has 0 bridgehead atoms. The summed E-state index contributed by atoms with van der Waals surface area (Å²) in [6.45, 7) is 1.81. The van der Waals surface area contributed by atoms with E-state index in [1.165, 1.54) is 12.1 Å². The van der Waals surface area contributed by atoms with Gasteiger partial charge in [-0.15, -0.1) is 5.10 Å². The van der Waals surface area contributed by atoms with Gasteiger partial charge in [-0.2, -0.15) is 4.68 Å². The van der Waals surface area contributed by atoms with Gasteiger partial charge in [0, 0.05) is 23.4 Å². The van der Waals surface area contributed by atoms with Gasteiger partial charge in [-0.1, -0.05) is 65.8 Å². The third kappa shape index (κ3) is 6.54. The van der Waals surface area contributed by atoms with Crippen LogP contribution in [-0.2, 0) is 13.2 Å². The number of hydrogen-bond donors (Lipinski definition) is 1. The zero-order valence-corrected chi connectivity index (χ0v) is 19.4. The van der Waals surface area contributed by atoms with E-state index in [4.69, 9.17) is 16.3 Å². The van der Waals surface area contributed by atoms with Gasteiger partial charge in [0.2, 0.25) is 5.16 Å². The second-order valence-electron chi connectivity index (χ2n) is 7.22. The monoisotopic (exact) mass is 483 g/mol. The summed E-state index contributed by atoms with van der Waals surface area (Å²) in [5.41, 5.74) is 2.74. The number of nitrogens with zero attached hydrogens (tertiary/aromatic N) is 4. The molecule has 0 aliphatic carbocycles. The lowest BCUT2D eigenvalue weighted by Gasteiger charge is -2.13. The number of hydrogen-bond acceptors (Lipinski definition) is 6. The normalized spacial score (nSPS) is 11.0. The highest BCUT2D eigenvalue weighted by Gasteiger charge is 2.09. The SMILES string of the molecule is Fc1ccc(COc2ccccc2CNCCCSc2nnnn2-c2ccccc2)c(Cl)c1. The third-order valence-corrected chi connectivity index (χ3v) is 6.21. The molecule has 0 unspecified atom stereocenters. The summed E-state index contributed by atoms with van der Waals surface area (Å²) in [7, 11) is 0. The molecule has 6 nitrogen and oxygen atoms in total. The fourth-order valence-corrected chi connectivity index (χ4v) is 4.22. The number of tetrazole rings is 1. The van der Waals surface area contributed by atoms with Gasteiger partial charge >= 0.3 is 0 Å². The van der Waals surface area contributed by atoms with E-state index < -0.39 is 0 Å². The molecule has 0 saturated heterocycles. The van der Waals surface area contributed by atoms with Gasteiger partial charge in [-0.3, -0.25) is 0 Å². The summed E-state index contributed by atoms with van der Waals surface area (Å²) >= 11 is 7.73. The van der Waals surface area contributed by atoms with Crippen molar-refractivity contribution in [3.05, 3.63) is 94.8 Å². The maximum absolute atomic E-state index is 13.2. The zero-order valence-electron chi connectivity index (χ0n) is 17.8. The molecule has 0 spiro atoms. The van der Waals surface area contributed by atoms with Crippen molar-refractivity contribution in [2.75, 3.05) is 12.3 Å². The van der Waals surface area contributed by atoms with E-state index in [0.717, 1.165) is 46.4 Å². The molecule has 1 aromatic heterocycles. The Balaban J connectivity index is 1.22. The van der Waals surface area contributed by atoms with Crippen molar-refractivity contribution in [1.29, 1.82) is 0 Å². The molecule has 0 amide bonds. The summed E-state index contributed by atoms with van der Waals surface area (Å²) in [5, 5.41) is 16.6. The van der Waals surface area contributed by atoms with Crippen molar-refractivity contribution < 1.29 is 9.13 Å². The van der Waals surface area contributed by atoms with Gasteiger partial charge < -0.3 is 10.1 Å². The molecule has 0 saturated carbocycles. The maximum atomic E-state index is 13.2. The van der Waals surface area contributed by atoms with E-state index in [9.17, 15) is 4.39 Å². The molecule has 0 atom stereocenters. The van der Waals surface area contributed by atoms with Gasteiger partial charge in [-0.05, 0) is 53.7 Å². The molecule has 4 rings (SSSR count). The first-order chi connectivity index (χ1) is 16.2. The van der Waals surface area contributed by atoms with Crippen LogP contribution in [0.4, 0.5) is 4.39 Å². The number of benzene rings is 3. The van der Waals surface area contributed by atoms with Crippen LogP contribution in [0, 0.1) is 5.82 Å². The van der Waals surface area contributed by atoms with Crippen molar-refractivity contribution >= 4 is 23.4 Å². The molecule has 0 aliphatic heterocycles. The lowest BCUT2D eigenvalue weighted by Crippen LogP contribution is -2.16. The van der Waals surface area contributed by atoms with Gasteiger partial charge in [0.05, 0.1) is 10.7 Å². The lowest BCUT2D eigenvalue weighted by molar-refractivity contribution is 0.302. The highest BCUT2D eigenvalue weighted by molar-refractivity contribution is 7.99. The van der Waals surface area contributed by atoms with E-state index in [2.05, 4.69) is 20.8 Å². The van der Waals surface area contributed by atoms with Crippen LogP contribution >= 0.6 is 23.4 Å². The molecule has 0 fully saturated rings. The number of rotatable bonds is 11. The quantitative estimate of drug-likeness (QED) is 0.230. The molecule has 170 valence electrons. The van der Waals surface area contributed by atoms with Crippen LogP contribution in [0.2, 0.25) is 5.02 Å². The van der Waals surface area contributed by atoms with Crippen LogP contribution in [0.1, 0.15) is 17.5 Å². The number of halogens is 2. The summed E-state index contributed by atoms with van der Waals surface area (Å²) < 4.78 is 20.9. The second-order valence-corrected chi connectivity index (χ2v) is 8.69. The Bertz CT molecular complexity index is 1170. The minimum atomic E-state index is -0.358. The predicted octanol–water partition coefficient (Wildman–Crippen LogP) is 5.31. The van der Waals surface area contributed by atoms with Crippen molar-refractivity contribution in [1.82, 2.24) is 25.5 Å². The Hall–Kier alpha value is -2.94. The van der Waals surface area contributed by atoms with Crippen LogP contribution in [0.25, 0.3) is 5.69 Å². The molecule has 0 aliphatic rings. The molecular formula is C24H23ClFN5OS. The Kier molecular flexibility index (Phi) is 8.30. The number of thioether (sulfide) groups is 1. The highest BCUT2D eigenvalue weighted by Crippen LogP contribution is 2.23. The molecule has 9 heteroatoms. The maximum Gasteiger partial charge on any atom is 0.214 e. The Morgan fingerprint density at radius 3 is 2.67 bits per heavy atom. The third-order valence-electron chi connectivity index (χ3n) is 4.86. The molecule has 33 heavy (non-hydrogen) atoms. The summed E-state index contributed by atoms with van der Waals surface area (Å²) in [6, 6.07) is 22.0. The molecule has 0 radical (unpaired) electrons. The number of nitrogens with one attached hydrogen (secondary N) is 1.